The lowest BCUT2D eigenvalue weighted by Crippen LogP contribution is -3.10. The van der Waals surface area contributed by atoms with Crippen LogP contribution in [-0.4, -0.2) is 28.6 Å². The second-order valence-electron chi connectivity index (χ2n) is 6.97. The Morgan fingerprint density at radius 1 is 1.31 bits per heavy atom. The third-order valence-corrected chi connectivity index (χ3v) is 5.79. The number of aromatic nitrogens is 2. The van der Waals surface area contributed by atoms with E-state index in [1.165, 1.54) is 9.78 Å². The number of hydrogen-bond donors (Lipinski definition) is 1. The molecule has 0 bridgehead atoms. The number of thiophene rings is 1. The molecule has 6 heteroatoms. The van der Waals surface area contributed by atoms with Crippen LogP contribution in [0.3, 0.4) is 0 Å². The van der Waals surface area contributed by atoms with Crippen LogP contribution in [0, 0.1) is 6.92 Å². The van der Waals surface area contributed by atoms with Gasteiger partial charge < -0.3 is 9.64 Å². The molecule has 3 aromatic rings. The first kappa shape index (κ1) is 17.4. The first-order valence-electron chi connectivity index (χ1n) is 9.15. The molecule has 5 nitrogen and oxygen atoms in total. The number of aryl methyl sites for hydroxylation is 1. The van der Waals surface area contributed by atoms with E-state index < -0.39 is 0 Å². The predicted octanol–water partition coefficient (Wildman–Crippen LogP) is 1.83. The summed E-state index contributed by atoms with van der Waals surface area (Å²) in [7, 11) is 0. The number of nitrogens with zero attached hydrogens (tertiary/aromatic N) is 2. The average Bonchev–Trinajstić information content (AvgIpc) is 3.28. The second-order valence-corrected chi connectivity index (χ2v) is 8.00. The van der Waals surface area contributed by atoms with E-state index in [9.17, 15) is 4.79 Å². The number of pyridine rings is 1. The Kier molecular flexibility index (Phi) is 5.15. The van der Waals surface area contributed by atoms with E-state index in [1.54, 1.807) is 21.8 Å². The fourth-order valence-corrected chi connectivity index (χ4v) is 4.48. The molecule has 1 fully saturated rings. The molecule has 0 aromatic carbocycles. The van der Waals surface area contributed by atoms with Crippen LogP contribution in [-0.2, 0) is 17.8 Å². The quantitative estimate of drug-likeness (QED) is 0.720. The van der Waals surface area contributed by atoms with Crippen molar-refractivity contribution >= 4 is 17.0 Å². The van der Waals surface area contributed by atoms with Crippen LogP contribution >= 0.6 is 11.3 Å². The summed E-state index contributed by atoms with van der Waals surface area (Å²) in [4.78, 5) is 20.0. The highest BCUT2D eigenvalue weighted by Gasteiger charge is 2.23. The topological polar surface area (TPSA) is 48.0 Å². The first-order chi connectivity index (χ1) is 12.7. The molecule has 1 aliphatic heterocycles. The third-order valence-electron chi connectivity index (χ3n) is 4.91. The van der Waals surface area contributed by atoms with Crippen molar-refractivity contribution in [2.24, 2.45) is 0 Å². The van der Waals surface area contributed by atoms with Gasteiger partial charge in [-0.05, 0) is 43.3 Å². The van der Waals surface area contributed by atoms with E-state index in [4.69, 9.17) is 9.72 Å². The van der Waals surface area contributed by atoms with E-state index in [-0.39, 0.29) is 5.56 Å². The molecule has 0 amide bonds. The van der Waals surface area contributed by atoms with Gasteiger partial charge in [0.05, 0.1) is 4.88 Å². The first-order valence-corrected chi connectivity index (χ1v) is 10.0. The van der Waals surface area contributed by atoms with Crippen LogP contribution in [0.1, 0.15) is 29.1 Å². The van der Waals surface area contributed by atoms with Crippen LogP contribution < -0.4 is 10.5 Å². The summed E-state index contributed by atoms with van der Waals surface area (Å²) in [5.41, 5.74) is 2.48. The van der Waals surface area contributed by atoms with Gasteiger partial charge in [-0.1, -0.05) is 12.1 Å². The highest BCUT2D eigenvalue weighted by Crippen LogP contribution is 2.11. The molecule has 26 heavy (non-hydrogen) atoms. The fraction of sp³-hybridized carbons (Fsp3) is 0.400. The molecular formula is C20H24N3O2S+. The molecular weight excluding hydrogens is 346 g/mol. The summed E-state index contributed by atoms with van der Waals surface area (Å²) < 4.78 is 7.52. The largest absolute Gasteiger partial charge is 0.372 e. The summed E-state index contributed by atoms with van der Waals surface area (Å²) in [6.07, 6.45) is 2.58. The van der Waals surface area contributed by atoms with Gasteiger partial charge in [-0.25, -0.2) is 4.98 Å². The predicted molar refractivity (Wildman–Crippen MR) is 103 cm³/mol. The van der Waals surface area contributed by atoms with Crippen LogP contribution in [0.25, 0.3) is 5.65 Å². The van der Waals surface area contributed by atoms with E-state index in [1.807, 2.05) is 25.1 Å². The molecule has 0 spiro atoms. The molecule has 0 saturated carbocycles. The Morgan fingerprint density at radius 3 is 3.00 bits per heavy atom. The Balaban J connectivity index is 1.59. The number of fused-ring (bicyclic) bond motifs is 1. The van der Waals surface area contributed by atoms with Gasteiger partial charge in [-0.3, -0.25) is 9.20 Å². The van der Waals surface area contributed by atoms with Crippen molar-refractivity contribution in [3.8, 4) is 0 Å². The summed E-state index contributed by atoms with van der Waals surface area (Å²) in [5.74, 6) is 0. The zero-order valence-electron chi connectivity index (χ0n) is 15.0. The SMILES string of the molecule is Cc1cccc2nc(C[NH+](Cc3cccs3)C[C@H]3CCCO3)cc(=O)n12. The van der Waals surface area contributed by atoms with Gasteiger partial charge >= 0.3 is 0 Å². The van der Waals surface area contributed by atoms with Gasteiger partial charge in [0.15, 0.2) is 0 Å². The monoisotopic (exact) mass is 370 g/mol. The normalized spacial score (nSPS) is 18.4. The number of nitrogens with one attached hydrogen (secondary N) is 1. The zero-order valence-corrected chi connectivity index (χ0v) is 15.8. The molecule has 1 saturated heterocycles. The highest BCUT2D eigenvalue weighted by molar-refractivity contribution is 7.09. The number of rotatable bonds is 6. The lowest BCUT2D eigenvalue weighted by Gasteiger charge is -2.21. The Labute approximate surface area is 156 Å². The van der Waals surface area contributed by atoms with Crippen molar-refractivity contribution in [2.45, 2.75) is 39.0 Å². The maximum Gasteiger partial charge on any atom is 0.258 e. The van der Waals surface area contributed by atoms with Crippen molar-refractivity contribution in [3.63, 3.8) is 0 Å². The van der Waals surface area contributed by atoms with Crippen LogP contribution in [0.15, 0.2) is 46.6 Å². The molecule has 1 N–H and O–H groups in total. The molecule has 2 atom stereocenters. The Hall–Kier alpha value is -2.02. The van der Waals surface area contributed by atoms with E-state index in [0.717, 1.165) is 56.1 Å². The minimum absolute atomic E-state index is 0.00399. The second kappa shape index (κ2) is 7.70. The Bertz CT molecular complexity index is 930. The van der Waals surface area contributed by atoms with Crippen LogP contribution in [0.2, 0.25) is 0 Å². The standard InChI is InChI=1S/C20H23N3O2S/c1-15-5-2-8-19-21-16(11-20(24)23(15)19)12-22(13-17-6-3-9-25-17)14-18-7-4-10-26-18/h2,4-5,7-8,10-11,17H,3,6,9,12-14H2,1H3/p+1/t17-/m1/s1. The van der Waals surface area contributed by atoms with Gasteiger partial charge in [-0.2, -0.15) is 0 Å². The smallest absolute Gasteiger partial charge is 0.258 e. The molecule has 0 aliphatic carbocycles. The number of hydrogen-bond acceptors (Lipinski definition) is 4. The summed E-state index contributed by atoms with van der Waals surface area (Å²) in [6, 6.07) is 11.7. The average molecular weight is 370 g/mol. The van der Waals surface area contributed by atoms with E-state index in [0.29, 0.717) is 6.10 Å². The summed E-state index contributed by atoms with van der Waals surface area (Å²) in [5, 5.41) is 2.11. The summed E-state index contributed by atoms with van der Waals surface area (Å²) in [6.45, 7) is 5.42. The molecule has 0 radical (unpaired) electrons. The minimum atomic E-state index is -0.00399. The Morgan fingerprint density at radius 2 is 2.23 bits per heavy atom. The lowest BCUT2D eigenvalue weighted by atomic mass is 10.2. The maximum atomic E-state index is 12.6. The molecule has 1 aliphatic rings. The maximum absolute atomic E-state index is 12.6. The highest BCUT2D eigenvalue weighted by atomic mass is 32.1. The fourth-order valence-electron chi connectivity index (χ4n) is 3.70. The van der Waals surface area contributed by atoms with Gasteiger partial charge in [0, 0.05) is 18.4 Å². The van der Waals surface area contributed by atoms with Crippen molar-refractivity contribution in [2.75, 3.05) is 13.2 Å². The third kappa shape index (κ3) is 3.87. The van der Waals surface area contributed by atoms with Crippen LogP contribution in [0.5, 0.6) is 0 Å². The molecule has 4 heterocycles. The lowest BCUT2D eigenvalue weighted by molar-refractivity contribution is -0.930. The van der Waals surface area contributed by atoms with Crippen molar-refractivity contribution < 1.29 is 9.64 Å². The number of quaternary nitrogens is 1. The zero-order chi connectivity index (χ0) is 17.9. The number of ether oxygens (including phenoxy) is 1. The molecule has 4 rings (SSSR count). The van der Waals surface area contributed by atoms with Crippen molar-refractivity contribution in [1.82, 2.24) is 9.38 Å². The van der Waals surface area contributed by atoms with Crippen molar-refractivity contribution in [3.05, 3.63) is 68.4 Å². The van der Waals surface area contributed by atoms with Crippen LogP contribution in [0.4, 0.5) is 0 Å². The van der Waals surface area contributed by atoms with Gasteiger partial charge in [0.1, 0.15) is 37.1 Å². The van der Waals surface area contributed by atoms with E-state index in [2.05, 4.69) is 17.5 Å². The van der Waals surface area contributed by atoms with Gasteiger partial charge in [0.25, 0.3) is 5.56 Å². The van der Waals surface area contributed by atoms with Gasteiger partial charge in [-0.15, -0.1) is 11.3 Å². The molecule has 3 aromatic heterocycles. The van der Waals surface area contributed by atoms with Gasteiger partial charge in [0.2, 0.25) is 0 Å². The van der Waals surface area contributed by atoms with Crippen molar-refractivity contribution in [1.29, 1.82) is 0 Å². The molecule has 136 valence electrons. The summed E-state index contributed by atoms with van der Waals surface area (Å²) >= 11 is 1.78. The molecule has 1 unspecified atom stereocenters. The minimum Gasteiger partial charge on any atom is -0.372 e. The van der Waals surface area contributed by atoms with E-state index >= 15 is 0 Å².